The molecule has 1 atom stereocenters. The van der Waals surface area contributed by atoms with E-state index < -0.39 is 6.10 Å². The lowest BCUT2D eigenvalue weighted by Crippen LogP contribution is -2.37. The minimum absolute atomic E-state index is 0.0204. The Bertz CT molecular complexity index is 754. The van der Waals surface area contributed by atoms with Crippen molar-refractivity contribution < 1.29 is 24.1 Å². The van der Waals surface area contributed by atoms with Crippen LogP contribution in [0.1, 0.15) is 5.56 Å². The van der Waals surface area contributed by atoms with Crippen LogP contribution in [0.4, 0.5) is 0 Å². The summed E-state index contributed by atoms with van der Waals surface area (Å²) in [6, 6.07) is 15.0. The first-order valence-corrected chi connectivity index (χ1v) is 9.43. The van der Waals surface area contributed by atoms with Crippen LogP contribution < -0.4 is 24.8 Å². The van der Waals surface area contributed by atoms with Crippen molar-refractivity contribution in [3.8, 4) is 17.2 Å². The van der Waals surface area contributed by atoms with Crippen LogP contribution in [0.3, 0.4) is 0 Å². The van der Waals surface area contributed by atoms with E-state index in [1.165, 1.54) is 0 Å². The number of fused-ring (bicyclic) bond motifs is 1. The van der Waals surface area contributed by atoms with Gasteiger partial charge in [0.1, 0.15) is 25.9 Å². The zero-order valence-electron chi connectivity index (χ0n) is 15.7. The molecule has 1 heterocycles. The van der Waals surface area contributed by atoms with Crippen LogP contribution in [0.15, 0.2) is 48.5 Å². The third-order valence-electron chi connectivity index (χ3n) is 4.17. The summed E-state index contributed by atoms with van der Waals surface area (Å²) in [4.78, 5) is 11.9. The Morgan fingerprint density at radius 3 is 2.75 bits per heavy atom. The van der Waals surface area contributed by atoms with Gasteiger partial charge in [-0.15, -0.1) is 0 Å². The number of hydrogen-bond acceptors (Lipinski definition) is 6. The summed E-state index contributed by atoms with van der Waals surface area (Å²) in [7, 11) is 0. The summed E-state index contributed by atoms with van der Waals surface area (Å²) in [5.74, 6) is 1.77. The number of amides is 1. The van der Waals surface area contributed by atoms with Crippen molar-refractivity contribution in [2.24, 2.45) is 0 Å². The molecule has 150 valence electrons. The Labute approximate surface area is 164 Å². The Hall–Kier alpha value is -2.77. The van der Waals surface area contributed by atoms with Gasteiger partial charge < -0.3 is 30.0 Å². The molecule has 3 rings (SSSR count). The van der Waals surface area contributed by atoms with Crippen molar-refractivity contribution in [2.45, 2.75) is 12.5 Å². The largest absolute Gasteiger partial charge is 0.487 e. The van der Waals surface area contributed by atoms with Crippen molar-refractivity contribution in [2.75, 3.05) is 39.5 Å². The Morgan fingerprint density at radius 2 is 1.89 bits per heavy atom. The smallest absolute Gasteiger partial charge is 0.224 e. The molecule has 28 heavy (non-hydrogen) atoms. The van der Waals surface area contributed by atoms with E-state index in [2.05, 4.69) is 10.6 Å². The Morgan fingerprint density at radius 1 is 1.07 bits per heavy atom. The summed E-state index contributed by atoms with van der Waals surface area (Å²) < 4.78 is 16.7. The number of aliphatic hydroxyl groups excluding tert-OH is 1. The molecule has 1 amide bonds. The van der Waals surface area contributed by atoms with Gasteiger partial charge in [-0.2, -0.15) is 0 Å². The number of aliphatic hydroxyl groups is 1. The predicted octanol–water partition coefficient (Wildman–Crippen LogP) is 1.15. The van der Waals surface area contributed by atoms with Gasteiger partial charge in [0.15, 0.2) is 11.5 Å². The van der Waals surface area contributed by atoms with Gasteiger partial charge in [0.25, 0.3) is 0 Å². The summed E-state index contributed by atoms with van der Waals surface area (Å²) in [5.41, 5.74) is 0.984. The molecule has 0 radical (unpaired) electrons. The minimum atomic E-state index is -0.680. The van der Waals surface area contributed by atoms with Gasteiger partial charge in [0.2, 0.25) is 11.7 Å². The molecule has 1 aliphatic rings. The first kappa shape index (κ1) is 20.0. The molecule has 0 saturated heterocycles. The van der Waals surface area contributed by atoms with Crippen LogP contribution in [-0.4, -0.2) is 56.6 Å². The van der Waals surface area contributed by atoms with Gasteiger partial charge in [-0.3, -0.25) is 4.79 Å². The number of para-hydroxylation sites is 1. The zero-order valence-corrected chi connectivity index (χ0v) is 15.7. The van der Waals surface area contributed by atoms with E-state index in [9.17, 15) is 9.90 Å². The summed E-state index contributed by atoms with van der Waals surface area (Å²) in [6.45, 7) is 2.55. The summed E-state index contributed by atoms with van der Waals surface area (Å²) in [5, 5.41) is 16.0. The van der Waals surface area contributed by atoms with Gasteiger partial charge in [-0.25, -0.2) is 0 Å². The molecule has 7 nitrogen and oxygen atoms in total. The molecule has 3 N–H and O–H groups in total. The number of hydrogen-bond donors (Lipinski definition) is 3. The van der Waals surface area contributed by atoms with Gasteiger partial charge in [0.05, 0.1) is 6.42 Å². The average molecular weight is 386 g/mol. The maximum Gasteiger partial charge on any atom is 0.224 e. The first-order valence-electron chi connectivity index (χ1n) is 9.43. The molecule has 2 aromatic carbocycles. The van der Waals surface area contributed by atoms with Gasteiger partial charge in [-0.1, -0.05) is 36.4 Å². The topological polar surface area (TPSA) is 89.1 Å². The maximum atomic E-state index is 11.9. The van der Waals surface area contributed by atoms with Crippen LogP contribution >= 0.6 is 0 Å². The predicted molar refractivity (Wildman–Crippen MR) is 105 cm³/mol. The van der Waals surface area contributed by atoms with Crippen LogP contribution in [0.5, 0.6) is 17.2 Å². The first-order chi connectivity index (χ1) is 13.7. The minimum Gasteiger partial charge on any atom is -0.487 e. The van der Waals surface area contributed by atoms with Crippen LogP contribution in [0.25, 0.3) is 0 Å². The van der Waals surface area contributed by atoms with E-state index >= 15 is 0 Å². The number of ether oxygens (including phenoxy) is 3. The molecule has 2 aromatic rings. The molecule has 0 aromatic heterocycles. The lowest BCUT2D eigenvalue weighted by atomic mass is 10.1. The number of benzene rings is 2. The highest BCUT2D eigenvalue weighted by atomic mass is 16.6. The Balaban J connectivity index is 1.29. The molecule has 0 bridgehead atoms. The normalized spacial score (nSPS) is 13.6. The molecule has 0 saturated carbocycles. The fourth-order valence-electron chi connectivity index (χ4n) is 2.81. The van der Waals surface area contributed by atoms with Gasteiger partial charge >= 0.3 is 0 Å². The number of carbonyl (C=O) groups is 1. The van der Waals surface area contributed by atoms with Crippen molar-refractivity contribution in [1.29, 1.82) is 0 Å². The third kappa shape index (κ3) is 6.14. The quantitative estimate of drug-likeness (QED) is 0.531. The second-order valence-corrected chi connectivity index (χ2v) is 6.46. The van der Waals surface area contributed by atoms with Crippen LogP contribution in [-0.2, 0) is 11.2 Å². The van der Waals surface area contributed by atoms with Crippen molar-refractivity contribution >= 4 is 5.91 Å². The fraction of sp³-hybridized carbons (Fsp3) is 0.381. The van der Waals surface area contributed by atoms with E-state index in [4.69, 9.17) is 14.2 Å². The molecule has 7 heteroatoms. The van der Waals surface area contributed by atoms with E-state index in [1.54, 1.807) is 6.07 Å². The lowest BCUT2D eigenvalue weighted by molar-refractivity contribution is -0.120. The zero-order chi connectivity index (χ0) is 19.6. The third-order valence-corrected chi connectivity index (χ3v) is 4.17. The number of carbonyl (C=O) groups excluding carboxylic acids is 1. The van der Waals surface area contributed by atoms with E-state index in [0.29, 0.717) is 56.5 Å². The van der Waals surface area contributed by atoms with Crippen molar-refractivity contribution in [1.82, 2.24) is 10.6 Å². The SMILES string of the molecule is O=C(Cc1ccccc1)NCCNCC(O)COc1cccc2c1OCCO2. The highest BCUT2D eigenvalue weighted by Crippen LogP contribution is 2.38. The van der Waals surface area contributed by atoms with Gasteiger partial charge in [0, 0.05) is 19.6 Å². The van der Waals surface area contributed by atoms with Crippen molar-refractivity contribution in [3.63, 3.8) is 0 Å². The second-order valence-electron chi connectivity index (χ2n) is 6.46. The second kappa shape index (κ2) is 10.5. The highest BCUT2D eigenvalue weighted by Gasteiger charge is 2.17. The number of rotatable bonds is 10. The molecule has 0 spiro atoms. The molecular weight excluding hydrogens is 360 g/mol. The maximum absolute atomic E-state index is 11.9. The Kier molecular flexibility index (Phi) is 7.52. The molecule has 1 aliphatic heterocycles. The van der Waals surface area contributed by atoms with Crippen molar-refractivity contribution in [3.05, 3.63) is 54.1 Å². The highest BCUT2D eigenvalue weighted by molar-refractivity contribution is 5.78. The van der Waals surface area contributed by atoms with E-state index in [1.807, 2.05) is 42.5 Å². The summed E-state index contributed by atoms with van der Waals surface area (Å²) in [6.07, 6.45) is -0.315. The molecule has 0 aliphatic carbocycles. The number of nitrogens with one attached hydrogen (secondary N) is 2. The van der Waals surface area contributed by atoms with Crippen LogP contribution in [0, 0.1) is 0 Å². The standard InChI is InChI=1S/C21H26N2O5/c24-17(15-28-19-8-4-7-18-21(19)27-12-11-26-18)14-22-9-10-23-20(25)13-16-5-2-1-3-6-16/h1-8,17,22,24H,9-15H2,(H,23,25). The molecular formula is C21H26N2O5. The summed E-state index contributed by atoms with van der Waals surface area (Å²) >= 11 is 0. The van der Waals surface area contributed by atoms with Crippen LogP contribution in [0.2, 0.25) is 0 Å². The molecule has 0 fully saturated rings. The average Bonchev–Trinajstić information content (AvgIpc) is 2.72. The van der Waals surface area contributed by atoms with E-state index in [-0.39, 0.29) is 12.5 Å². The molecule has 1 unspecified atom stereocenters. The van der Waals surface area contributed by atoms with Gasteiger partial charge in [-0.05, 0) is 17.7 Å². The monoisotopic (exact) mass is 386 g/mol. The van der Waals surface area contributed by atoms with E-state index in [0.717, 1.165) is 5.56 Å². The fourth-order valence-corrected chi connectivity index (χ4v) is 2.81. The lowest BCUT2D eigenvalue weighted by Gasteiger charge is -2.21.